The lowest BCUT2D eigenvalue weighted by Crippen LogP contribution is -2.52. The number of hydrogen-bond acceptors (Lipinski definition) is 3. The molecule has 0 radical (unpaired) electrons. The highest BCUT2D eigenvalue weighted by atomic mass is 16.1. The average molecular weight is 396 g/mol. The number of ketones is 1. The number of aromatic amines is 1. The molecule has 2 heterocycles. The van der Waals surface area contributed by atoms with E-state index in [0.717, 1.165) is 38.9 Å². The normalized spacial score (nSPS) is 23.7. The quantitative estimate of drug-likeness (QED) is 0.715. The summed E-state index contributed by atoms with van der Waals surface area (Å²) in [7, 11) is 0. The van der Waals surface area contributed by atoms with E-state index in [1.165, 1.54) is 22.0 Å². The fourth-order valence-electron chi connectivity index (χ4n) is 5.44. The van der Waals surface area contributed by atoms with E-state index in [9.17, 15) is 9.59 Å². The Labute approximate surface area is 173 Å². The van der Waals surface area contributed by atoms with Crippen molar-refractivity contribution >= 4 is 22.6 Å². The number of rotatable bonds is 8. The van der Waals surface area contributed by atoms with Crippen LogP contribution in [0.2, 0.25) is 0 Å². The van der Waals surface area contributed by atoms with Crippen molar-refractivity contribution in [1.82, 2.24) is 15.2 Å². The molecule has 2 N–H and O–H groups in total. The molecule has 2 aromatic rings. The summed E-state index contributed by atoms with van der Waals surface area (Å²) in [6, 6.07) is 7.22. The van der Waals surface area contributed by atoms with Gasteiger partial charge in [0.25, 0.3) is 0 Å². The average Bonchev–Trinajstić information content (AvgIpc) is 3.11. The fourth-order valence-corrected chi connectivity index (χ4v) is 5.44. The van der Waals surface area contributed by atoms with Gasteiger partial charge in [-0.15, -0.1) is 0 Å². The van der Waals surface area contributed by atoms with Gasteiger partial charge in [0.2, 0.25) is 5.91 Å². The zero-order valence-electron chi connectivity index (χ0n) is 17.7. The van der Waals surface area contributed by atoms with Gasteiger partial charge in [0, 0.05) is 55.0 Å². The van der Waals surface area contributed by atoms with E-state index in [4.69, 9.17) is 0 Å². The first-order chi connectivity index (χ1) is 14.1. The van der Waals surface area contributed by atoms with Crippen molar-refractivity contribution in [2.24, 2.45) is 5.92 Å². The fraction of sp³-hybridized carbons (Fsp3) is 0.583. The lowest BCUT2D eigenvalue weighted by molar-refractivity contribution is -0.121. The molecule has 1 saturated heterocycles. The summed E-state index contributed by atoms with van der Waals surface area (Å²) in [5, 5.41) is 4.57. The molecule has 3 atom stereocenters. The number of carbonyl (C=O) groups excluding carboxylic acids is 2. The van der Waals surface area contributed by atoms with Crippen LogP contribution in [0.3, 0.4) is 0 Å². The summed E-state index contributed by atoms with van der Waals surface area (Å²) in [5.74, 6) is 1.23. The van der Waals surface area contributed by atoms with E-state index < -0.39 is 0 Å². The molecule has 0 saturated carbocycles. The second kappa shape index (κ2) is 8.70. The molecule has 2 aliphatic rings. The Balaban J connectivity index is 1.46. The number of piperidine rings is 1. The molecule has 0 bridgehead atoms. The Kier molecular flexibility index (Phi) is 6.04. The van der Waals surface area contributed by atoms with E-state index in [0.29, 0.717) is 37.1 Å². The summed E-state index contributed by atoms with van der Waals surface area (Å²) in [5.41, 5.74) is 4.18. The molecule has 1 aliphatic heterocycles. The largest absolute Gasteiger partial charge is 0.361 e. The number of benzene rings is 1. The molecular weight excluding hydrogens is 362 g/mol. The molecule has 29 heavy (non-hydrogen) atoms. The van der Waals surface area contributed by atoms with Crippen molar-refractivity contribution < 1.29 is 9.59 Å². The standard InChI is InChI=1S/C24H33N3O2/c1-3-10-27-15-17(13-26-23(29)9-4-6-16(2)28)11-20-19-7-5-8-21-24(19)18(14-25-21)12-22(20)27/h5,7-8,14,17,20,22,25H,3-4,6,9-13,15H2,1-2H3,(H,26,29)/t17?,20?,22-/m1/s1. The van der Waals surface area contributed by atoms with Crippen LogP contribution in [0.5, 0.6) is 0 Å². The van der Waals surface area contributed by atoms with Crippen molar-refractivity contribution in [3.63, 3.8) is 0 Å². The Morgan fingerprint density at radius 2 is 2.14 bits per heavy atom. The minimum absolute atomic E-state index is 0.0779. The van der Waals surface area contributed by atoms with Crippen LogP contribution in [-0.4, -0.2) is 47.3 Å². The summed E-state index contributed by atoms with van der Waals surface area (Å²) in [6.07, 6.45) is 7.18. The minimum atomic E-state index is 0.0779. The third-order valence-electron chi connectivity index (χ3n) is 6.69. The maximum Gasteiger partial charge on any atom is 0.220 e. The first-order valence-electron chi connectivity index (χ1n) is 11.2. The van der Waals surface area contributed by atoms with Gasteiger partial charge in [-0.05, 0) is 62.3 Å². The number of likely N-dealkylation sites (tertiary alicyclic amines) is 1. The summed E-state index contributed by atoms with van der Waals surface area (Å²) in [6.45, 7) is 6.73. The molecule has 4 rings (SSSR count). The van der Waals surface area contributed by atoms with E-state index in [1.807, 2.05) is 0 Å². The maximum atomic E-state index is 12.2. The first kappa shape index (κ1) is 20.1. The highest BCUT2D eigenvalue weighted by molar-refractivity contribution is 5.88. The number of Topliss-reactive ketones (excluding diaryl/α,β-unsaturated/α-hetero) is 1. The third-order valence-corrected chi connectivity index (χ3v) is 6.69. The lowest BCUT2D eigenvalue weighted by Gasteiger charge is -2.47. The highest BCUT2D eigenvalue weighted by Gasteiger charge is 2.40. The van der Waals surface area contributed by atoms with Gasteiger partial charge in [-0.25, -0.2) is 0 Å². The van der Waals surface area contributed by atoms with Gasteiger partial charge in [0.1, 0.15) is 5.78 Å². The number of amides is 1. The number of carbonyl (C=O) groups is 2. The molecule has 2 unspecified atom stereocenters. The number of H-pyrrole nitrogens is 1. The maximum absolute atomic E-state index is 12.2. The van der Waals surface area contributed by atoms with Crippen molar-refractivity contribution in [2.75, 3.05) is 19.6 Å². The number of nitrogens with zero attached hydrogens (tertiary/aromatic N) is 1. The van der Waals surface area contributed by atoms with Crippen molar-refractivity contribution in [2.45, 2.75) is 64.3 Å². The topological polar surface area (TPSA) is 65.2 Å². The van der Waals surface area contributed by atoms with Crippen molar-refractivity contribution in [3.8, 4) is 0 Å². The molecule has 1 aromatic heterocycles. The lowest BCUT2D eigenvalue weighted by atomic mass is 9.72. The number of fused-ring (bicyclic) bond motifs is 2. The van der Waals surface area contributed by atoms with Gasteiger partial charge in [-0.2, -0.15) is 0 Å². The van der Waals surface area contributed by atoms with E-state index in [1.54, 1.807) is 6.92 Å². The van der Waals surface area contributed by atoms with Crippen LogP contribution in [-0.2, 0) is 16.0 Å². The number of aromatic nitrogens is 1. The monoisotopic (exact) mass is 395 g/mol. The van der Waals surface area contributed by atoms with Crippen LogP contribution in [0.4, 0.5) is 0 Å². The van der Waals surface area contributed by atoms with Gasteiger partial charge in [0.05, 0.1) is 0 Å². The molecular formula is C24H33N3O2. The molecule has 1 aromatic carbocycles. The second-order valence-corrected chi connectivity index (χ2v) is 8.92. The molecule has 5 nitrogen and oxygen atoms in total. The highest BCUT2D eigenvalue weighted by Crippen LogP contribution is 2.44. The van der Waals surface area contributed by atoms with E-state index in [-0.39, 0.29) is 11.7 Å². The minimum Gasteiger partial charge on any atom is -0.361 e. The zero-order chi connectivity index (χ0) is 20.4. The predicted octanol–water partition coefficient (Wildman–Crippen LogP) is 3.78. The van der Waals surface area contributed by atoms with Crippen LogP contribution in [0, 0.1) is 5.92 Å². The third kappa shape index (κ3) is 4.25. The molecule has 0 spiro atoms. The van der Waals surface area contributed by atoms with Gasteiger partial charge in [-0.3, -0.25) is 9.69 Å². The van der Waals surface area contributed by atoms with Gasteiger partial charge >= 0.3 is 0 Å². The van der Waals surface area contributed by atoms with Gasteiger partial charge < -0.3 is 15.1 Å². The predicted molar refractivity (Wildman–Crippen MR) is 116 cm³/mol. The van der Waals surface area contributed by atoms with E-state index >= 15 is 0 Å². The van der Waals surface area contributed by atoms with Gasteiger partial charge in [0.15, 0.2) is 0 Å². The van der Waals surface area contributed by atoms with Crippen LogP contribution in [0.25, 0.3) is 10.9 Å². The van der Waals surface area contributed by atoms with Crippen LogP contribution >= 0.6 is 0 Å². The van der Waals surface area contributed by atoms with Crippen molar-refractivity contribution in [1.29, 1.82) is 0 Å². The Morgan fingerprint density at radius 1 is 1.28 bits per heavy atom. The van der Waals surface area contributed by atoms with Crippen LogP contribution < -0.4 is 5.32 Å². The molecule has 1 aliphatic carbocycles. The van der Waals surface area contributed by atoms with Gasteiger partial charge in [-0.1, -0.05) is 19.1 Å². The number of nitrogens with one attached hydrogen (secondary N) is 2. The van der Waals surface area contributed by atoms with Crippen LogP contribution in [0.15, 0.2) is 24.4 Å². The van der Waals surface area contributed by atoms with Crippen molar-refractivity contribution in [3.05, 3.63) is 35.5 Å². The molecule has 1 fully saturated rings. The molecule has 156 valence electrons. The zero-order valence-corrected chi connectivity index (χ0v) is 17.7. The summed E-state index contributed by atoms with van der Waals surface area (Å²) < 4.78 is 0. The SMILES string of the molecule is CCCN1CC(CNC(=O)CCCC(C)=O)CC2c3cccc4[nH]cc(c34)C[C@H]21. The second-order valence-electron chi connectivity index (χ2n) is 8.92. The first-order valence-corrected chi connectivity index (χ1v) is 11.2. The summed E-state index contributed by atoms with van der Waals surface area (Å²) >= 11 is 0. The molecule has 5 heteroatoms. The van der Waals surface area contributed by atoms with Crippen LogP contribution in [0.1, 0.15) is 63.0 Å². The smallest absolute Gasteiger partial charge is 0.220 e. The Bertz CT molecular complexity index is 887. The summed E-state index contributed by atoms with van der Waals surface area (Å²) in [4.78, 5) is 29.4. The Hall–Kier alpha value is -2.14. The molecule has 1 amide bonds. The van der Waals surface area contributed by atoms with E-state index in [2.05, 4.69) is 46.5 Å². The number of hydrogen-bond donors (Lipinski definition) is 2. The Morgan fingerprint density at radius 3 is 2.93 bits per heavy atom.